The summed E-state index contributed by atoms with van der Waals surface area (Å²) in [6, 6.07) is 6.23. The lowest BCUT2D eigenvalue weighted by molar-refractivity contribution is 0.102. The number of aryl methyl sites for hydroxylation is 1. The summed E-state index contributed by atoms with van der Waals surface area (Å²) in [5, 5.41) is 3.47. The van der Waals surface area contributed by atoms with E-state index in [9.17, 15) is 4.79 Å². The summed E-state index contributed by atoms with van der Waals surface area (Å²) in [6.07, 6.45) is 0. The van der Waals surface area contributed by atoms with Crippen molar-refractivity contribution in [3.63, 3.8) is 0 Å². The highest BCUT2D eigenvalue weighted by atomic mass is 35.5. The molecule has 2 aromatic rings. The normalized spacial score (nSPS) is 10.4. The van der Waals surface area contributed by atoms with Crippen molar-refractivity contribution in [1.82, 2.24) is 4.98 Å². The molecular weight excluding hydrogens is 321 g/mol. The first-order valence-electron chi connectivity index (χ1n) is 5.57. The molecule has 4 nitrogen and oxygen atoms in total. The summed E-state index contributed by atoms with van der Waals surface area (Å²) in [6.45, 7) is 1.77. The van der Waals surface area contributed by atoms with Crippen molar-refractivity contribution in [2.75, 3.05) is 11.1 Å². The number of carbonyl (C=O) groups is 1. The summed E-state index contributed by atoms with van der Waals surface area (Å²) in [5.41, 5.74) is 7.49. The number of nitrogens with one attached hydrogen (secondary N) is 1. The Balaban J connectivity index is 2.30. The maximum atomic E-state index is 12.1. The zero-order valence-electron chi connectivity index (χ0n) is 10.4. The van der Waals surface area contributed by atoms with E-state index in [0.717, 1.165) is 0 Å². The molecule has 0 atom stereocenters. The van der Waals surface area contributed by atoms with Crippen molar-refractivity contribution >= 4 is 52.1 Å². The first-order chi connectivity index (χ1) is 9.38. The van der Waals surface area contributed by atoms with Gasteiger partial charge in [0.2, 0.25) is 0 Å². The Morgan fingerprint density at radius 1 is 1.25 bits per heavy atom. The van der Waals surface area contributed by atoms with E-state index in [1.54, 1.807) is 25.1 Å². The van der Waals surface area contributed by atoms with Crippen molar-refractivity contribution < 1.29 is 4.79 Å². The number of nitrogen functional groups attached to an aromatic ring is 1. The van der Waals surface area contributed by atoms with Gasteiger partial charge in [0.15, 0.2) is 5.15 Å². The molecule has 0 saturated heterocycles. The largest absolute Gasteiger partial charge is 0.398 e. The van der Waals surface area contributed by atoms with Gasteiger partial charge in [-0.1, -0.05) is 34.8 Å². The van der Waals surface area contributed by atoms with Crippen LogP contribution in [-0.4, -0.2) is 10.9 Å². The predicted octanol–water partition coefficient (Wildman–Crippen LogP) is 4.18. The Morgan fingerprint density at radius 3 is 2.55 bits per heavy atom. The van der Waals surface area contributed by atoms with Crippen LogP contribution in [0.1, 0.15) is 15.9 Å². The van der Waals surface area contributed by atoms with Gasteiger partial charge in [0, 0.05) is 5.56 Å². The van der Waals surface area contributed by atoms with E-state index in [2.05, 4.69) is 10.3 Å². The second kappa shape index (κ2) is 5.87. The molecule has 3 N–H and O–H groups in total. The number of aromatic nitrogens is 1. The molecule has 104 valence electrons. The minimum absolute atomic E-state index is 0.130. The first kappa shape index (κ1) is 14.9. The number of anilines is 2. The zero-order valence-corrected chi connectivity index (χ0v) is 12.6. The summed E-state index contributed by atoms with van der Waals surface area (Å²) < 4.78 is 0. The molecule has 1 heterocycles. The average molecular weight is 331 g/mol. The predicted molar refractivity (Wildman–Crippen MR) is 82.8 cm³/mol. The number of amides is 1. The first-order valence-corrected chi connectivity index (χ1v) is 6.71. The van der Waals surface area contributed by atoms with Crippen molar-refractivity contribution in [2.24, 2.45) is 0 Å². The van der Waals surface area contributed by atoms with Crippen LogP contribution in [0.5, 0.6) is 0 Å². The van der Waals surface area contributed by atoms with Gasteiger partial charge in [-0.15, -0.1) is 0 Å². The van der Waals surface area contributed by atoms with Crippen molar-refractivity contribution in [3.8, 4) is 0 Å². The second-order valence-corrected chi connectivity index (χ2v) is 5.27. The van der Waals surface area contributed by atoms with Gasteiger partial charge >= 0.3 is 0 Å². The van der Waals surface area contributed by atoms with E-state index in [-0.39, 0.29) is 16.2 Å². The van der Waals surface area contributed by atoms with Crippen LogP contribution in [0.2, 0.25) is 15.3 Å². The molecule has 0 unspecified atom stereocenters. The number of hydrogen-bond donors (Lipinski definition) is 2. The third-order valence-electron chi connectivity index (χ3n) is 2.64. The Kier molecular flexibility index (Phi) is 4.38. The number of halogens is 3. The summed E-state index contributed by atoms with van der Waals surface area (Å²) >= 11 is 17.6. The van der Waals surface area contributed by atoms with Gasteiger partial charge in [0.25, 0.3) is 5.91 Å². The summed E-state index contributed by atoms with van der Waals surface area (Å²) in [5.74, 6) is -0.359. The Bertz CT molecular complexity index is 666. The molecule has 20 heavy (non-hydrogen) atoms. The summed E-state index contributed by atoms with van der Waals surface area (Å²) in [7, 11) is 0. The maximum Gasteiger partial charge on any atom is 0.255 e. The Labute approximate surface area is 130 Å². The minimum Gasteiger partial charge on any atom is -0.398 e. The van der Waals surface area contributed by atoms with Crippen molar-refractivity contribution in [2.45, 2.75) is 6.92 Å². The van der Waals surface area contributed by atoms with Crippen molar-refractivity contribution in [3.05, 3.63) is 50.7 Å². The highest BCUT2D eigenvalue weighted by Gasteiger charge is 2.13. The van der Waals surface area contributed by atoms with E-state index >= 15 is 0 Å². The lowest BCUT2D eigenvalue weighted by atomic mass is 10.1. The van der Waals surface area contributed by atoms with Crippen LogP contribution < -0.4 is 11.1 Å². The van der Waals surface area contributed by atoms with E-state index in [0.29, 0.717) is 27.5 Å². The van der Waals surface area contributed by atoms with Crippen LogP contribution >= 0.6 is 34.8 Å². The van der Waals surface area contributed by atoms with Crippen LogP contribution in [0.15, 0.2) is 24.3 Å². The Morgan fingerprint density at radius 2 is 1.95 bits per heavy atom. The van der Waals surface area contributed by atoms with E-state index < -0.39 is 0 Å². The van der Waals surface area contributed by atoms with Crippen molar-refractivity contribution in [1.29, 1.82) is 0 Å². The second-order valence-electron chi connectivity index (χ2n) is 4.12. The molecule has 0 spiro atoms. The molecule has 1 aromatic carbocycles. The lowest BCUT2D eigenvalue weighted by Gasteiger charge is -2.10. The number of nitrogens with zero attached hydrogens (tertiary/aromatic N) is 1. The molecule has 2 rings (SSSR count). The molecule has 0 fully saturated rings. The topological polar surface area (TPSA) is 68.0 Å². The average Bonchev–Trinajstić information content (AvgIpc) is 2.36. The molecule has 0 saturated carbocycles. The van der Waals surface area contributed by atoms with Gasteiger partial charge in [-0.3, -0.25) is 4.79 Å². The maximum absolute atomic E-state index is 12.1. The van der Waals surface area contributed by atoms with Crippen LogP contribution in [-0.2, 0) is 0 Å². The van der Waals surface area contributed by atoms with Crippen LogP contribution in [0.4, 0.5) is 11.4 Å². The molecule has 0 aliphatic rings. The van der Waals surface area contributed by atoms with E-state index in [1.807, 2.05) is 0 Å². The van der Waals surface area contributed by atoms with Gasteiger partial charge in [-0.05, 0) is 36.8 Å². The minimum atomic E-state index is -0.359. The standard InChI is InChI=1S/C13H10Cl3N3O/c1-6-4-10(15)18-12(16)11(6)19-13(20)7-2-3-8(14)9(17)5-7/h2-5H,17H2,1H3,(H,19,20). The monoisotopic (exact) mass is 329 g/mol. The molecule has 1 amide bonds. The third-order valence-corrected chi connectivity index (χ3v) is 3.45. The Hall–Kier alpha value is -1.49. The van der Waals surface area contributed by atoms with E-state index in [1.165, 1.54) is 6.07 Å². The van der Waals surface area contributed by atoms with Crippen LogP contribution in [0.25, 0.3) is 0 Å². The third kappa shape index (κ3) is 3.15. The number of nitrogens with two attached hydrogens (primary N) is 1. The SMILES string of the molecule is Cc1cc(Cl)nc(Cl)c1NC(=O)c1ccc(Cl)c(N)c1. The summed E-state index contributed by atoms with van der Waals surface area (Å²) in [4.78, 5) is 16.0. The molecule has 7 heteroatoms. The van der Waals surface area contributed by atoms with Gasteiger partial charge in [-0.25, -0.2) is 4.98 Å². The fourth-order valence-electron chi connectivity index (χ4n) is 1.62. The molecule has 0 aliphatic carbocycles. The highest BCUT2D eigenvalue weighted by molar-refractivity contribution is 6.35. The zero-order chi connectivity index (χ0) is 14.9. The fraction of sp³-hybridized carbons (Fsp3) is 0.0769. The van der Waals surface area contributed by atoms with Crippen LogP contribution in [0.3, 0.4) is 0 Å². The van der Waals surface area contributed by atoms with Gasteiger partial charge < -0.3 is 11.1 Å². The molecule has 1 aromatic heterocycles. The van der Waals surface area contributed by atoms with Gasteiger partial charge in [-0.2, -0.15) is 0 Å². The number of carbonyl (C=O) groups excluding carboxylic acids is 1. The lowest BCUT2D eigenvalue weighted by Crippen LogP contribution is -2.14. The number of pyridine rings is 1. The smallest absolute Gasteiger partial charge is 0.255 e. The highest BCUT2D eigenvalue weighted by Crippen LogP contribution is 2.27. The quantitative estimate of drug-likeness (QED) is 0.641. The number of benzene rings is 1. The molecular formula is C13H10Cl3N3O. The molecule has 0 aliphatic heterocycles. The van der Waals surface area contributed by atoms with Gasteiger partial charge in [0.05, 0.1) is 16.4 Å². The number of hydrogen-bond acceptors (Lipinski definition) is 3. The molecule has 0 bridgehead atoms. The number of rotatable bonds is 2. The van der Waals surface area contributed by atoms with Gasteiger partial charge in [0.1, 0.15) is 5.15 Å². The fourth-order valence-corrected chi connectivity index (χ4v) is 2.31. The van der Waals surface area contributed by atoms with Crippen LogP contribution in [0, 0.1) is 6.92 Å². The molecule has 0 radical (unpaired) electrons. The van der Waals surface area contributed by atoms with E-state index in [4.69, 9.17) is 40.5 Å².